The van der Waals surface area contributed by atoms with Crippen molar-refractivity contribution in [3.05, 3.63) is 0 Å². The molecule has 0 aromatic heterocycles. The first-order chi connectivity index (χ1) is 4.49. The number of hydrogen-bond acceptors (Lipinski definition) is 2. The molecule has 0 spiro atoms. The van der Waals surface area contributed by atoms with E-state index in [1.54, 1.807) is 0 Å². The Bertz CT molecular complexity index is 161. The molecule has 1 aliphatic heterocycles. The van der Waals surface area contributed by atoms with Crippen LogP contribution in [-0.4, -0.2) is 17.5 Å². The Kier molecular flexibility index (Phi) is 1.71. The fourth-order valence-corrected chi connectivity index (χ4v) is 1.53. The van der Waals surface area contributed by atoms with Crippen LogP contribution in [0.1, 0.15) is 34.1 Å². The second-order valence-electron chi connectivity index (χ2n) is 3.58. The second kappa shape index (κ2) is 2.26. The molecule has 0 aromatic rings. The average Bonchev–Trinajstić information content (AvgIpc) is 1.54. The van der Waals surface area contributed by atoms with Gasteiger partial charge in [0.25, 0.3) is 0 Å². The fourth-order valence-electron chi connectivity index (χ4n) is 1.53. The summed E-state index contributed by atoms with van der Waals surface area (Å²) in [4.78, 5) is 4.36. The average molecular weight is 141 g/mol. The summed E-state index contributed by atoms with van der Waals surface area (Å²) in [5, 5.41) is 0. The Morgan fingerprint density at radius 2 is 2.20 bits per heavy atom. The van der Waals surface area contributed by atoms with Gasteiger partial charge in [0, 0.05) is 13.3 Å². The van der Waals surface area contributed by atoms with Gasteiger partial charge < -0.3 is 4.74 Å². The van der Waals surface area contributed by atoms with E-state index in [0.717, 1.165) is 12.3 Å². The van der Waals surface area contributed by atoms with E-state index in [-0.39, 0.29) is 5.54 Å². The molecule has 0 radical (unpaired) electrons. The van der Waals surface area contributed by atoms with E-state index in [4.69, 9.17) is 4.74 Å². The van der Waals surface area contributed by atoms with Gasteiger partial charge in [0.2, 0.25) is 0 Å². The van der Waals surface area contributed by atoms with E-state index >= 15 is 0 Å². The van der Waals surface area contributed by atoms with Gasteiger partial charge >= 0.3 is 0 Å². The molecule has 0 fully saturated rings. The molecule has 1 aliphatic rings. The standard InChI is InChI=1S/C8H15NO/c1-6-5-8(3,4)9-7(2)10-6/h6H,5H2,1-4H3/t6-/m1/s1. The third kappa shape index (κ3) is 1.72. The molecule has 0 unspecified atom stereocenters. The van der Waals surface area contributed by atoms with Crippen molar-refractivity contribution in [3.63, 3.8) is 0 Å². The molecule has 0 bridgehead atoms. The van der Waals surface area contributed by atoms with Crippen molar-refractivity contribution in [1.29, 1.82) is 0 Å². The highest BCUT2D eigenvalue weighted by atomic mass is 16.5. The summed E-state index contributed by atoms with van der Waals surface area (Å²) in [7, 11) is 0. The molecule has 0 amide bonds. The first-order valence-electron chi connectivity index (χ1n) is 3.73. The number of ether oxygens (including phenoxy) is 1. The van der Waals surface area contributed by atoms with Crippen molar-refractivity contribution >= 4 is 5.90 Å². The summed E-state index contributed by atoms with van der Waals surface area (Å²) in [6.45, 7) is 8.27. The van der Waals surface area contributed by atoms with Crippen LogP contribution in [0.2, 0.25) is 0 Å². The van der Waals surface area contributed by atoms with E-state index < -0.39 is 0 Å². The predicted molar refractivity (Wildman–Crippen MR) is 42.4 cm³/mol. The fraction of sp³-hybridized carbons (Fsp3) is 0.875. The zero-order valence-electron chi connectivity index (χ0n) is 7.14. The van der Waals surface area contributed by atoms with Gasteiger partial charge in [-0.05, 0) is 20.8 Å². The minimum Gasteiger partial charge on any atom is -0.478 e. The lowest BCUT2D eigenvalue weighted by atomic mass is 9.97. The molecular weight excluding hydrogens is 126 g/mol. The van der Waals surface area contributed by atoms with E-state index in [9.17, 15) is 0 Å². The molecule has 0 saturated carbocycles. The van der Waals surface area contributed by atoms with Crippen LogP contribution in [0.3, 0.4) is 0 Å². The van der Waals surface area contributed by atoms with Crippen molar-refractivity contribution in [2.45, 2.75) is 45.8 Å². The molecule has 1 rings (SSSR count). The SMILES string of the molecule is CC1=NC(C)(C)C[C@@H](C)O1. The summed E-state index contributed by atoms with van der Waals surface area (Å²) < 4.78 is 5.37. The molecule has 2 heteroatoms. The monoisotopic (exact) mass is 141 g/mol. The van der Waals surface area contributed by atoms with Gasteiger partial charge in [0.1, 0.15) is 0 Å². The van der Waals surface area contributed by atoms with Gasteiger partial charge in [-0.3, -0.25) is 0 Å². The Morgan fingerprint density at radius 1 is 1.60 bits per heavy atom. The first-order valence-corrected chi connectivity index (χ1v) is 3.73. The minimum atomic E-state index is 0.0851. The Morgan fingerprint density at radius 3 is 2.60 bits per heavy atom. The van der Waals surface area contributed by atoms with Gasteiger partial charge in [-0.25, -0.2) is 4.99 Å². The maximum Gasteiger partial charge on any atom is 0.180 e. The van der Waals surface area contributed by atoms with Gasteiger partial charge in [0.15, 0.2) is 5.90 Å². The molecule has 0 aromatic carbocycles. The number of hydrogen-bond donors (Lipinski definition) is 0. The van der Waals surface area contributed by atoms with E-state index in [0.29, 0.717) is 6.10 Å². The Balaban J connectivity index is 2.74. The molecule has 1 heterocycles. The van der Waals surface area contributed by atoms with Gasteiger partial charge in [-0.1, -0.05) is 0 Å². The Labute approximate surface area is 62.3 Å². The third-order valence-corrected chi connectivity index (χ3v) is 1.62. The summed E-state index contributed by atoms with van der Waals surface area (Å²) in [5.74, 6) is 0.823. The van der Waals surface area contributed by atoms with Crippen molar-refractivity contribution in [1.82, 2.24) is 0 Å². The van der Waals surface area contributed by atoms with Crippen LogP contribution < -0.4 is 0 Å². The Hall–Kier alpha value is -0.530. The summed E-state index contributed by atoms with van der Waals surface area (Å²) in [6, 6.07) is 0. The van der Waals surface area contributed by atoms with Crippen molar-refractivity contribution < 1.29 is 4.74 Å². The van der Waals surface area contributed by atoms with E-state index in [1.807, 2.05) is 6.92 Å². The lowest BCUT2D eigenvalue weighted by Crippen LogP contribution is -2.32. The first kappa shape index (κ1) is 7.58. The molecule has 58 valence electrons. The quantitative estimate of drug-likeness (QED) is 0.505. The highest BCUT2D eigenvalue weighted by molar-refractivity contribution is 5.74. The van der Waals surface area contributed by atoms with Crippen LogP contribution in [0.15, 0.2) is 4.99 Å². The molecule has 0 aliphatic carbocycles. The maximum atomic E-state index is 5.37. The molecule has 0 N–H and O–H groups in total. The number of nitrogens with zero attached hydrogens (tertiary/aromatic N) is 1. The normalized spacial score (nSPS) is 30.8. The van der Waals surface area contributed by atoms with Crippen molar-refractivity contribution in [2.75, 3.05) is 0 Å². The number of rotatable bonds is 0. The van der Waals surface area contributed by atoms with Gasteiger partial charge in [-0.2, -0.15) is 0 Å². The van der Waals surface area contributed by atoms with E-state index in [2.05, 4.69) is 25.8 Å². The van der Waals surface area contributed by atoms with Gasteiger partial charge in [0.05, 0.1) is 11.6 Å². The topological polar surface area (TPSA) is 21.6 Å². The largest absolute Gasteiger partial charge is 0.478 e. The molecule has 0 saturated heterocycles. The smallest absolute Gasteiger partial charge is 0.180 e. The highest BCUT2D eigenvalue weighted by Crippen LogP contribution is 2.23. The molecular formula is C8H15NO. The predicted octanol–water partition coefficient (Wildman–Crippen LogP) is 1.99. The second-order valence-corrected chi connectivity index (χ2v) is 3.58. The zero-order valence-corrected chi connectivity index (χ0v) is 7.14. The van der Waals surface area contributed by atoms with E-state index in [1.165, 1.54) is 0 Å². The highest BCUT2D eigenvalue weighted by Gasteiger charge is 2.25. The lowest BCUT2D eigenvalue weighted by Gasteiger charge is -2.30. The molecule has 1 atom stereocenters. The van der Waals surface area contributed by atoms with Crippen LogP contribution in [0, 0.1) is 0 Å². The van der Waals surface area contributed by atoms with Crippen molar-refractivity contribution in [3.8, 4) is 0 Å². The molecule has 2 nitrogen and oxygen atoms in total. The van der Waals surface area contributed by atoms with Crippen LogP contribution >= 0.6 is 0 Å². The summed E-state index contributed by atoms with van der Waals surface area (Å²) in [6.07, 6.45) is 1.34. The van der Waals surface area contributed by atoms with Crippen LogP contribution in [0.5, 0.6) is 0 Å². The summed E-state index contributed by atoms with van der Waals surface area (Å²) in [5.41, 5.74) is 0.0851. The minimum absolute atomic E-state index is 0.0851. The number of aliphatic imine (C=N–C) groups is 1. The maximum absolute atomic E-state index is 5.37. The van der Waals surface area contributed by atoms with Gasteiger partial charge in [-0.15, -0.1) is 0 Å². The van der Waals surface area contributed by atoms with Crippen LogP contribution in [0.4, 0.5) is 0 Å². The summed E-state index contributed by atoms with van der Waals surface area (Å²) >= 11 is 0. The van der Waals surface area contributed by atoms with Crippen LogP contribution in [-0.2, 0) is 4.74 Å². The van der Waals surface area contributed by atoms with Crippen LogP contribution in [0.25, 0.3) is 0 Å². The lowest BCUT2D eigenvalue weighted by molar-refractivity contribution is 0.143. The third-order valence-electron chi connectivity index (χ3n) is 1.62. The molecule has 10 heavy (non-hydrogen) atoms. The van der Waals surface area contributed by atoms with Crippen molar-refractivity contribution in [2.24, 2.45) is 4.99 Å². The zero-order chi connectivity index (χ0) is 7.78.